The van der Waals surface area contributed by atoms with Crippen molar-refractivity contribution >= 4 is 11.6 Å². The molecule has 0 atom stereocenters. The minimum atomic E-state index is -0.511. The SMILES string of the molecule is CCCOc1ccc(Oc2ncccc2CNC(=O)c2ccc([N+](=O)[O-])cc2)cc1. The number of ether oxygens (including phenoxy) is 2. The second kappa shape index (κ2) is 10.0. The van der Waals surface area contributed by atoms with Crippen LogP contribution in [0.15, 0.2) is 66.9 Å². The number of nitro benzene ring substituents is 1. The molecule has 2 aromatic carbocycles. The Bertz CT molecular complexity index is 1000. The van der Waals surface area contributed by atoms with Gasteiger partial charge in [-0.1, -0.05) is 13.0 Å². The van der Waals surface area contributed by atoms with Crippen LogP contribution < -0.4 is 14.8 Å². The molecule has 0 aliphatic rings. The zero-order chi connectivity index (χ0) is 21.3. The van der Waals surface area contributed by atoms with Gasteiger partial charge < -0.3 is 14.8 Å². The van der Waals surface area contributed by atoms with Crippen molar-refractivity contribution in [3.63, 3.8) is 0 Å². The third-order valence-corrected chi connectivity index (χ3v) is 4.14. The van der Waals surface area contributed by atoms with Crippen molar-refractivity contribution in [3.05, 3.63) is 88.1 Å². The number of hydrogen-bond acceptors (Lipinski definition) is 6. The lowest BCUT2D eigenvalue weighted by molar-refractivity contribution is -0.384. The van der Waals surface area contributed by atoms with E-state index in [4.69, 9.17) is 9.47 Å². The van der Waals surface area contributed by atoms with Gasteiger partial charge in [0.05, 0.1) is 11.5 Å². The summed E-state index contributed by atoms with van der Waals surface area (Å²) in [5.41, 5.74) is 0.953. The number of pyridine rings is 1. The van der Waals surface area contributed by atoms with E-state index in [1.54, 1.807) is 30.5 Å². The van der Waals surface area contributed by atoms with E-state index in [2.05, 4.69) is 10.3 Å². The van der Waals surface area contributed by atoms with E-state index in [-0.39, 0.29) is 18.1 Å². The van der Waals surface area contributed by atoms with Crippen LogP contribution in [0.25, 0.3) is 0 Å². The molecule has 8 heteroatoms. The lowest BCUT2D eigenvalue weighted by Gasteiger charge is -2.11. The summed E-state index contributed by atoms with van der Waals surface area (Å²) in [6.45, 7) is 2.89. The van der Waals surface area contributed by atoms with E-state index in [1.807, 2.05) is 19.1 Å². The smallest absolute Gasteiger partial charge is 0.269 e. The fourth-order valence-electron chi connectivity index (χ4n) is 2.60. The topological polar surface area (TPSA) is 104 Å². The maximum Gasteiger partial charge on any atom is 0.269 e. The molecule has 8 nitrogen and oxygen atoms in total. The molecule has 1 aromatic heterocycles. The quantitative estimate of drug-likeness (QED) is 0.414. The molecule has 3 aromatic rings. The van der Waals surface area contributed by atoms with Crippen LogP contribution in [0.3, 0.4) is 0 Å². The molecular formula is C22H21N3O5. The van der Waals surface area contributed by atoms with Gasteiger partial charge in [0.1, 0.15) is 11.5 Å². The van der Waals surface area contributed by atoms with Crippen molar-refractivity contribution < 1.29 is 19.2 Å². The van der Waals surface area contributed by atoms with Gasteiger partial charge in [0.15, 0.2) is 0 Å². The largest absolute Gasteiger partial charge is 0.494 e. The molecular weight excluding hydrogens is 386 g/mol. The second-order valence-electron chi connectivity index (χ2n) is 6.38. The lowest BCUT2D eigenvalue weighted by atomic mass is 10.2. The minimum Gasteiger partial charge on any atom is -0.494 e. The molecule has 0 fully saturated rings. The Morgan fingerprint density at radius 2 is 1.77 bits per heavy atom. The first-order valence-corrected chi connectivity index (χ1v) is 9.44. The highest BCUT2D eigenvalue weighted by atomic mass is 16.6. The number of carbonyl (C=O) groups is 1. The highest BCUT2D eigenvalue weighted by Gasteiger charge is 2.12. The monoisotopic (exact) mass is 407 g/mol. The van der Waals surface area contributed by atoms with E-state index in [1.165, 1.54) is 24.3 Å². The fraction of sp³-hybridized carbons (Fsp3) is 0.182. The molecule has 0 saturated heterocycles. The third kappa shape index (κ3) is 5.54. The fourth-order valence-corrected chi connectivity index (χ4v) is 2.60. The number of nitrogens with zero attached hydrogens (tertiary/aromatic N) is 2. The number of rotatable bonds is 9. The highest BCUT2D eigenvalue weighted by molar-refractivity contribution is 5.94. The van der Waals surface area contributed by atoms with Gasteiger partial charge in [-0.05, 0) is 48.9 Å². The number of hydrogen-bond donors (Lipinski definition) is 1. The summed E-state index contributed by atoms with van der Waals surface area (Å²) in [7, 11) is 0. The highest BCUT2D eigenvalue weighted by Crippen LogP contribution is 2.25. The van der Waals surface area contributed by atoms with Gasteiger partial charge >= 0.3 is 0 Å². The van der Waals surface area contributed by atoms with E-state index >= 15 is 0 Å². The van der Waals surface area contributed by atoms with Crippen LogP contribution in [-0.2, 0) is 6.54 Å². The summed E-state index contributed by atoms with van der Waals surface area (Å²) < 4.78 is 11.4. The molecule has 30 heavy (non-hydrogen) atoms. The van der Waals surface area contributed by atoms with Gasteiger partial charge in [0.25, 0.3) is 11.6 Å². The summed E-state index contributed by atoms with van der Waals surface area (Å²) in [6, 6.07) is 16.2. The number of carbonyl (C=O) groups excluding carboxylic acids is 1. The minimum absolute atomic E-state index is 0.0689. The third-order valence-electron chi connectivity index (χ3n) is 4.14. The molecule has 0 aliphatic heterocycles. The van der Waals surface area contributed by atoms with Crippen LogP contribution in [-0.4, -0.2) is 22.4 Å². The van der Waals surface area contributed by atoms with Crippen LogP contribution in [0.4, 0.5) is 5.69 Å². The molecule has 1 N–H and O–H groups in total. The second-order valence-corrected chi connectivity index (χ2v) is 6.38. The number of benzene rings is 2. The molecule has 1 heterocycles. The van der Waals surface area contributed by atoms with Gasteiger partial charge in [-0.15, -0.1) is 0 Å². The number of nitrogens with one attached hydrogen (secondary N) is 1. The number of nitro groups is 1. The first kappa shape index (κ1) is 20.8. The van der Waals surface area contributed by atoms with Crippen LogP contribution >= 0.6 is 0 Å². The Labute approximate surface area is 173 Å². The molecule has 0 radical (unpaired) electrons. The van der Waals surface area contributed by atoms with Crippen LogP contribution in [0.2, 0.25) is 0 Å². The van der Waals surface area contributed by atoms with Crippen molar-refractivity contribution in [2.75, 3.05) is 6.61 Å². The number of amides is 1. The molecule has 0 unspecified atom stereocenters. The van der Waals surface area contributed by atoms with E-state index in [0.717, 1.165) is 12.2 Å². The van der Waals surface area contributed by atoms with Crippen molar-refractivity contribution in [2.24, 2.45) is 0 Å². The van der Waals surface area contributed by atoms with Crippen LogP contribution in [0.5, 0.6) is 17.4 Å². The number of aromatic nitrogens is 1. The zero-order valence-corrected chi connectivity index (χ0v) is 16.4. The van der Waals surface area contributed by atoms with E-state index < -0.39 is 4.92 Å². The Balaban J connectivity index is 1.63. The zero-order valence-electron chi connectivity index (χ0n) is 16.4. The summed E-state index contributed by atoms with van der Waals surface area (Å²) in [6.07, 6.45) is 2.54. The summed E-state index contributed by atoms with van der Waals surface area (Å²) in [5, 5.41) is 13.5. The van der Waals surface area contributed by atoms with Gasteiger partial charge in [0, 0.05) is 36.0 Å². The van der Waals surface area contributed by atoms with Gasteiger partial charge in [-0.3, -0.25) is 14.9 Å². The molecule has 1 amide bonds. The Morgan fingerprint density at radius 1 is 1.07 bits per heavy atom. The molecule has 0 saturated carbocycles. The van der Waals surface area contributed by atoms with Crippen molar-refractivity contribution in [1.82, 2.24) is 10.3 Å². The van der Waals surface area contributed by atoms with Crippen molar-refractivity contribution in [1.29, 1.82) is 0 Å². The van der Waals surface area contributed by atoms with Gasteiger partial charge in [-0.2, -0.15) is 0 Å². The maximum absolute atomic E-state index is 12.3. The maximum atomic E-state index is 12.3. The first-order chi connectivity index (χ1) is 14.6. The number of non-ortho nitro benzene ring substituents is 1. The summed E-state index contributed by atoms with van der Waals surface area (Å²) >= 11 is 0. The summed E-state index contributed by atoms with van der Waals surface area (Å²) in [4.78, 5) is 26.8. The molecule has 3 rings (SSSR count). The Hall–Kier alpha value is -3.94. The Morgan fingerprint density at radius 3 is 2.43 bits per heavy atom. The average molecular weight is 407 g/mol. The van der Waals surface area contributed by atoms with Crippen LogP contribution in [0.1, 0.15) is 29.3 Å². The van der Waals surface area contributed by atoms with Crippen molar-refractivity contribution in [2.45, 2.75) is 19.9 Å². The summed E-state index contributed by atoms with van der Waals surface area (Å²) in [5.74, 6) is 1.39. The van der Waals surface area contributed by atoms with Crippen molar-refractivity contribution in [3.8, 4) is 17.4 Å². The first-order valence-electron chi connectivity index (χ1n) is 9.44. The predicted octanol–water partition coefficient (Wildman–Crippen LogP) is 4.50. The molecule has 0 spiro atoms. The van der Waals surface area contributed by atoms with E-state index in [0.29, 0.717) is 29.4 Å². The van der Waals surface area contributed by atoms with Gasteiger partial charge in [-0.25, -0.2) is 4.98 Å². The molecule has 0 aliphatic carbocycles. The Kier molecular flexibility index (Phi) is 6.94. The molecule has 0 bridgehead atoms. The van der Waals surface area contributed by atoms with Crippen LogP contribution in [0, 0.1) is 10.1 Å². The standard InChI is InChI=1S/C22H21N3O5/c1-2-14-29-19-9-11-20(12-10-19)30-22-17(4-3-13-23-22)15-24-21(26)16-5-7-18(8-6-16)25(27)28/h3-13H,2,14-15H2,1H3,(H,24,26). The molecule has 154 valence electrons. The lowest BCUT2D eigenvalue weighted by Crippen LogP contribution is -2.23. The normalized spacial score (nSPS) is 10.3. The average Bonchev–Trinajstić information content (AvgIpc) is 2.78. The predicted molar refractivity (Wildman–Crippen MR) is 111 cm³/mol. The van der Waals surface area contributed by atoms with E-state index in [9.17, 15) is 14.9 Å². The van der Waals surface area contributed by atoms with Gasteiger partial charge in [0.2, 0.25) is 5.88 Å².